The highest BCUT2D eigenvalue weighted by molar-refractivity contribution is 6.30. The fraction of sp³-hybridized carbons (Fsp3) is 0.367. The topological polar surface area (TPSA) is 30.0 Å². The molecular weight excluding hydrogens is 487 g/mol. The van der Waals surface area contributed by atoms with Crippen LogP contribution in [0.25, 0.3) is 0 Å². The smallest absolute Gasteiger partial charge is 0.321 e. The average Bonchev–Trinajstić information content (AvgIpc) is 3.49. The minimum Gasteiger partial charge on any atom is -0.321 e. The van der Waals surface area contributed by atoms with Gasteiger partial charge in [-0.3, -0.25) is 14.7 Å². The molecule has 2 atom stereocenters. The van der Waals surface area contributed by atoms with Crippen molar-refractivity contribution in [3.8, 4) is 0 Å². The summed E-state index contributed by atoms with van der Waals surface area (Å²) in [7, 11) is 0. The van der Waals surface area contributed by atoms with E-state index in [0.29, 0.717) is 6.04 Å². The van der Waals surface area contributed by atoms with Crippen LogP contribution in [0.4, 0.5) is 14.9 Å². The van der Waals surface area contributed by atoms with E-state index in [0.717, 1.165) is 75.1 Å². The molecule has 0 spiro atoms. The third-order valence-electron chi connectivity index (χ3n) is 8.21. The minimum atomic E-state index is -0.204. The molecule has 0 radical (unpaired) electrons. The van der Waals surface area contributed by atoms with Crippen molar-refractivity contribution in [3.05, 3.63) is 100 Å². The number of hydrogen-bond donors (Lipinski definition) is 0. The van der Waals surface area contributed by atoms with Crippen molar-refractivity contribution in [1.82, 2.24) is 14.7 Å². The van der Waals surface area contributed by atoms with Crippen LogP contribution in [0.3, 0.4) is 0 Å². The Morgan fingerprint density at radius 2 is 1.57 bits per heavy atom. The van der Waals surface area contributed by atoms with Crippen LogP contribution in [0.5, 0.6) is 0 Å². The standard InChI is InChI=1S/C30H32ClFN4O/c31-23-8-11-26-28(20-23)27(22-6-9-24(32)10-7-22)21-29(26)34-15-12-33(13-16-34)14-17-35-18-19-36(30(35)37)25-4-2-1-3-5-25/h1-11,20,27,29H,12-19,21H2/t27-,29+/m0/s1. The molecule has 0 saturated carbocycles. The van der Waals surface area contributed by atoms with Gasteiger partial charge < -0.3 is 4.90 Å². The highest BCUT2D eigenvalue weighted by atomic mass is 35.5. The number of piperazine rings is 1. The number of carbonyl (C=O) groups is 1. The molecule has 3 aromatic carbocycles. The fourth-order valence-electron chi connectivity index (χ4n) is 6.18. The third kappa shape index (κ3) is 4.98. The maximum Gasteiger partial charge on any atom is 0.324 e. The SMILES string of the molecule is O=C1N(CCN2CCN([C@@H]3C[C@@H](c4ccc(F)cc4)c4cc(Cl)ccc43)CC2)CCN1c1ccccc1. The van der Waals surface area contributed by atoms with Crippen LogP contribution in [-0.4, -0.2) is 73.1 Å². The summed E-state index contributed by atoms with van der Waals surface area (Å²) in [6.45, 7) is 7.16. The van der Waals surface area contributed by atoms with Crippen LogP contribution < -0.4 is 4.90 Å². The van der Waals surface area contributed by atoms with Gasteiger partial charge in [0.25, 0.3) is 0 Å². The van der Waals surface area contributed by atoms with Crippen LogP contribution in [-0.2, 0) is 0 Å². The first-order valence-electron chi connectivity index (χ1n) is 13.2. The number of para-hydroxylation sites is 1. The van der Waals surface area contributed by atoms with Crippen LogP contribution in [0, 0.1) is 5.82 Å². The molecule has 2 amide bonds. The maximum absolute atomic E-state index is 13.6. The summed E-state index contributed by atoms with van der Waals surface area (Å²) in [6.07, 6.45) is 0.985. The summed E-state index contributed by atoms with van der Waals surface area (Å²) in [5, 5.41) is 0.749. The van der Waals surface area contributed by atoms with E-state index in [1.54, 1.807) is 12.1 Å². The molecule has 192 valence electrons. The van der Waals surface area contributed by atoms with E-state index < -0.39 is 0 Å². The van der Waals surface area contributed by atoms with Crippen molar-refractivity contribution >= 4 is 23.3 Å². The zero-order valence-corrected chi connectivity index (χ0v) is 21.7. The van der Waals surface area contributed by atoms with E-state index in [1.165, 1.54) is 11.1 Å². The van der Waals surface area contributed by atoms with E-state index in [9.17, 15) is 9.18 Å². The lowest BCUT2D eigenvalue weighted by molar-refractivity contribution is 0.0905. The van der Waals surface area contributed by atoms with Crippen LogP contribution in [0.1, 0.15) is 35.1 Å². The molecular formula is C30H32ClFN4O. The Kier molecular flexibility index (Phi) is 6.89. The first-order chi connectivity index (χ1) is 18.1. The average molecular weight is 519 g/mol. The Bertz CT molecular complexity index is 1250. The summed E-state index contributed by atoms with van der Waals surface area (Å²) in [4.78, 5) is 21.8. The van der Waals surface area contributed by atoms with Gasteiger partial charge in [0.05, 0.1) is 0 Å². The minimum absolute atomic E-state index is 0.109. The molecule has 6 rings (SSSR count). The molecule has 0 unspecified atom stereocenters. The van der Waals surface area contributed by atoms with E-state index >= 15 is 0 Å². The number of amides is 2. The first-order valence-corrected chi connectivity index (χ1v) is 13.6. The lowest BCUT2D eigenvalue weighted by atomic mass is 9.93. The summed E-state index contributed by atoms with van der Waals surface area (Å²) in [6, 6.07) is 23.5. The second-order valence-corrected chi connectivity index (χ2v) is 10.7. The van der Waals surface area contributed by atoms with Gasteiger partial charge >= 0.3 is 6.03 Å². The number of rotatable bonds is 6. The van der Waals surface area contributed by atoms with Crippen molar-refractivity contribution in [2.24, 2.45) is 0 Å². The van der Waals surface area contributed by atoms with E-state index in [-0.39, 0.29) is 17.8 Å². The number of fused-ring (bicyclic) bond motifs is 1. The Balaban J connectivity index is 1.06. The second-order valence-electron chi connectivity index (χ2n) is 10.3. The summed E-state index contributed by atoms with van der Waals surface area (Å²) in [5.74, 6) is 0.0233. The van der Waals surface area contributed by atoms with Gasteiger partial charge in [0, 0.05) is 75.0 Å². The largest absolute Gasteiger partial charge is 0.324 e. The predicted octanol–water partition coefficient (Wildman–Crippen LogP) is 5.62. The van der Waals surface area contributed by atoms with Gasteiger partial charge in [-0.25, -0.2) is 9.18 Å². The number of halogens is 2. The number of nitrogens with zero attached hydrogens (tertiary/aromatic N) is 4. The second kappa shape index (κ2) is 10.4. The van der Waals surface area contributed by atoms with Crippen molar-refractivity contribution in [2.75, 3.05) is 57.3 Å². The van der Waals surface area contributed by atoms with Gasteiger partial charge in [0.1, 0.15) is 5.82 Å². The first kappa shape index (κ1) is 24.4. The number of anilines is 1. The highest BCUT2D eigenvalue weighted by Gasteiger charge is 2.37. The van der Waals surface area contributed by atoms with E-state index in [4.69, 9.17) is 11.6 Å². The van der Waals surface area contributed by atoms with Crippen molar-refractivity contribution in [2.45, 2.75) is 18.4 Å². The normalized spacial score (nSPS) is 22.6. The van der Waals surface area contributed by atoms with Gasteiger partial charge in [0.2, 0.25) is 0 Å². The lowest BCUT2D eigenvalue weighted by Crippen LogP contribution is -2.49. The molecule has 37 heavy (non-hydrogen) atoms. The molecule has 0 bridgehead atoms. The molecule has 2 aliphatic heterocycles. The van der Waals surface area contributed by atoms with Crippen LogP contribution in [0.2, 0.25) is 5.02 Å². The lowest BCUT2D eigenvalue weighted by Gasteiger charge is -2.39. The van der Waals surface area contributed by atoms with Gasteiger partial charge in [-0.1, -0.05) is 48.0 Å². The molecule has 2 saturated heterocycles. The van der Waals surface area contributed by atoms with Crippen molar-refractivity contribution < 1.29 is 9.18 Å². The maximum atomic E-state index is 13.6. The Morgan fingerprint density at radius 1 is 0.811 bits per heavy atom. The molecule has 5 nitrogen and oxygen atoms in total. The number of urea groups is 1. The molecule has 2 heterocycles. The molecule has 3 aromatic rings. The van der Waals surface area contributed by atoms with Gasteiger partial charge in [0.15, 0.2) is 0 Å². The van der Waals surface area contributed by atoms with Gasteiger partial charge in [-0.05, 0) is 59.5 Å². The number of benzene rings is 3. The molecule has 1 aliphatic carbocycles. The molecule has 0 aromatic heterocycles. The fourth-order valence-corrected chi connectivity index (χ4v) is 6.36. The van der Waals surface area contributed by atoms with E-state index in [1.807, 2.05) is 58.3 Å². The number of carbonyl (C=O) groups excluding carboxylic acids is 1. The Labute approximate surface area is 223 Å². The molecule has 0 N–H and O–H groups in total. The molecule has 3 aliphatic rings. The number of hydrogen-bond acceptors (Lipinski definition) is 3. The molecule has 7 heteroatoms. The van der Waals surface area contributed by atoms with Gasteiger partial charge in [-0.2, -0.15) is 0 Å². The van der Waals surface area contributed by atoms with Crippen LogP contribution in [0.15, 0.2) is 72.8 Å². The predicted molar refractivity (Wildman–Crippen MR) is 146 cm³/mol. The quantitative estimate of drug-likeness (QED) is 0.424. The van der Waals surface area contributed by atoms with Crippen molar-refractivity contribution in [1.29, 1.82) is 0 Å². The zero-order valence-electron chi connectivity index (χ0n) is 20.9. The van der Waals surface area contributed by atoms with E-state index in [2.05, 4.69) is 21.9 Å². The summed E-state index contributed by atoms with van der Waals surface area (Å²) in [5.41, 5.74) is 4.73. The molecule has 2 fully saturated rings. The third-order valence-corrected chi connectivity index (χ3v) is 8.45. The van der Waals surface area contributed by atoms with Gasteiger partial charge in [-0.15, -0.1) is 0 Å². The zero-order chi connectivity index (χ0) is 25.4. The Hall–Kier alpha value is -2.93. The summed E-state index contributed by atoms with van der Waals surface area (Å²) >= 11 is 6.39. The van der Waals surface area contributed by atoms with Crippen molar-refractivity contribution in [3.63, 3.8) is 0 Å². The summed E-state index contributed by atoms with van der Waals surface area (Å²) < 4.78 is 13.6. The monoisotopic (exact) mass is 518 g/mol. The Morgan fingerprint density at radius 3 is 2.32 bits per heavy atom. The van der Waals surface area contributed by atoms with Crippen LogP contribution >= 0.6 is 11.6 Å². The highest BCUT2D eigenvalue weighted by Crippen LogP contribution is 2.47.